The summed E-state index contributed by atoms with van der Waals surface area (Å²) in [7, 11) is 0. The van der Waals surface area contributed by atoms with Crippen molar-refractivity contribution in [1.82, 2.24) is 10.2 Å². The summed E-state index contributed by atoms with van der Waals surface area (Å²) >= 11 is 0. The number of likely N-dealkylation sites (tertiary alicyclic amines) is 1. The average Bonchev–Trinajstić information content (AvgIpc) is 2.95. The van der Waals surface area contributed by atoms with Crippen molar-refractivity contribution in [3.63, 3.8) is 0 Å². The van der Waals surface area contributed by atoms with Gasteiger partial charge in [-0.2, -0.15) is 0 Å². The second-order valence-corrected chi connectivity index (χ2v) is 7.47. The van der Waals surface area contributed by atoms with E-state index in [1.807, 2.05) is 0 Å². The van der Waals surface area contributed by atoms with E-state index in [1.54, 1.807) is 5.57 Å². The molecule has 0 amide bonds. The fraction of sp³-hybridized carbons (Fsp3) is 0.895. The monoisotopic (exact) mass is 292 g/mol. The van der Waals surface area contributed by atoms with Crippen molar-refractivity contribution in [3.05, 3.63) is 11.6 Å². The lowest BCUT2D eigenvalue weighted by atomic mass is 9.83. The van der Waals surface area contributed by atoms with Crippen LogP contribution >= 0.6 is 0 Å². The van der Waals surface area contributed by atoms with Crippen LogP contribution in [0.2, 0.25) is 0 Å². The summed E-state index contributed by atoms with van der Waals surface area (Å²) in [5.74, 6) is 0. The van der Waals surface area contributed by atoms with Crippen molar-refractivity contribution in [3.8, 4) is 0 Å². The topological polar surface area (TPSA) is 15.3 Å². The van der Waals surface area contributed by atoms with Gasteiger partial charge in [0.05, 0.1) is 0 Å². The van der Waals surface area contributed by atoms with E-state index in [2.05, 4.69) is 37.1 Å². The molecule has 1 saturated heterocycles. The van der Waals surface area contributed by atoms with Crippen LogP contribution in [0.3, 0.4) is 0 Å². The highest BCUT2D eigenvalue weighted by atomic mass is 15.2. The van der Waals surface area contributed by atoms with Gasteiger partial charge < -0.3 is 5.32 Å². The number of hydrogen-bond acceptors (Lipinski definition) is 2. The first-order chi connectivity index (χ1) is 10.2. The first-order valence-electron chi connectivity index (χ1n) is 9.33. The van der Waals surface area contributed by atoms with Crippen molar-refractivity contribution in [2.45, 2.75) is 90.1 Å². The van der Waals surface area contributed by atoms with Crippen LogP contribution in [0.1, 0.15) is 78.6 Å². The summed E-state index contributed by atoms with van der Waals surface area (Å²) in [6.07, 6.45) is 14.7. The van der Waals surface area contributed by atoms with E-state index in [4.69, 9.17) is 0 Å². The zero-order valence-electron chi connectivity index (χ0n) is 14.6. The molecule has 0 spiro atoms. The highest BCUT2D eigenvalue weighted by molar-refractivity contribution is 5.19. The Morgan fingerprint density at radius 1 is 1.10 bits per heavy atom. The van der Waals surface area contributed by atoms with Gasteiger partial charge in [0.15, 0.2) is 0 Å². The molecule has 1 unspecified atom stereocenters. The maximum absolute atomic E-state index is 3.89. The van der Waals surface area contributed by atoms with E-state index < -0.39 is 0 Å². The molecule has 1 fully saturated rings. The molecule has 122 valence electrons. The Bertz CT molecular complexity index is 326. The smallest absolute Gasteiger partial charge is 0.0461 e. The maximum Gasteiger partial charge on any atom is 0.0461 e. The Morgan fingerprint density at radius 2 is 1.81 bits per heavy atom. The average molecular weight is 293 g/mol. The van der Waals surface area contributed by atoms with Crippen molar-refractivity contribution in [2.75, 3.05) is 19.6 Å². The maximum atomic E-state index is 3.89. The Hall–Kier alpha value is -0.340. The summed E-state index contributed by atoms with van der Waals surface area (Å²) in [4.78, 5) is 2.72. The van der Waals surface area contributed by atoms with Crippen molar-refractivity contribution < 1.29 is 0 Å². The molecule has 0 aromatic heterocycles. The summed E-state index contributed by atoms with van der Waals surface area (Å²) in [5, 5.41) is 3.89. The van der Waals surface area contributed by atoms with E-state index in [9.17, 15) is 0 Å². The lowest BCUT2D eigenvalue weighted by molar-refractivity contribution is 0.119. The predicted molar refractivity (Wildman–Crippen MR) is 92.8 cm³/mol. The highest BCUT2D eigenvalue weighted by Gasteiger charge is 2.38. The first kappa shape index (κ1) is 17.0. The molecule has 0 aromatic rings. The molecule has 0 radical (unpaired) electrons. The van der Waals surface area contributed by atoms with Crippen molar-refractivity contribution >= 4 is 0 Å². The lowest BCUT2D eigenvalue weighted by Crippen LogP contribution is -2.57. The van der Waals surface area contributed by atoms with Gasteiger partial charge in [0, 0.05) is 11.6 Å². The Morgan fingerprint density at radius 3 is 2.52 bits per heavy atom. The van der Waals surface area contributed by atoms with Gasteiger partial charge in [-0.3, -0.25) is 4.90 Å². The second-order valence-electron chi connectivity index (χ2n) is 7.47. The van der Waals surface area contributed by atoms with Crippen LogP contribution in [0.15, 0.2) is 11.6 Å². The molecule has 2 nitrogen and oxygen atoms in total. The SMILES string of the molecule is CCCNC(C1=CCCCCCC1)C(C)(C)N1CCCC1. The zero-order chi connectivity index (χ0) is 15.1. The third-order valence-corrected chi connectivity index (χ3v) is 5.42. The fourth-order valence-electron chi connectivity index (χ4n) is 4.08. The van der Waals surface area contributed by atoms with Crippen molar-refractivity contribution in [1.29, 1.82) is 0 Å². The van der Waals surface area contributed by atoms with Crippen molar-refractivity contribution in [2.24, 2.45) is 0 Å². The fourth-order valence-corrected chi connectivity index (χ4v) is 4.08. The number of rotatable bonds is 6. The van der Waals surface area contributed by atoms with Gasteiger partial charge in [-0.05, 0) is 78.4 Å². The van der Waals surface area contributed by atoms with Gasteiger partial charge in [-0.1, -0.05) is 31.4 Å². The van der Waals surface area contributed by atoms with Crippen LogP contribution in [0.4, 0.5) is 0 Å². The van der Waals surface area contributed by atoms with E-state index >= 15 is 0 Å². The number of hydrogen-bond donors (Lipinski definition) is 1. The van der Waals surface area contributed by atoms with Crippen LogP contribution in [-0.2, 0) is 0 Å². The molecule has 0 bridgehead atoms. The van der Waals surface area contributed by atoms with Gasteiger partial charge in [0.25, 0.3) is 0 Å². The molecule has 1 aliphatic heterocycles. The molecule has 2 rings (SSSR count). The van der Waals surface area contributed by atoms with E-state index in [-0.39, 0.29) is 5.54 Å². The molecule has 1 heterocycles. The zero-order valence-corrected chi connectivity index (χ0v) is 14.6. The Balaban J connectivity index is 2.14. The molecule has 2 aliphatic rings. The predicted octanol–water partition coefficient (Wildman–Crippen LogP) is 4.51. The number of nitrogens with one attached hydrogen (secondary N) is 1. The minimum absolute atomic E-state index is 0.247. The molecule has 1 atom stereocenters. The molecular formula is C19H36N2. The van der Waals surface area contributed by atoms with E-state index in [1.165, 1.54) is 70.9 Å². The largest absolute Gasteiger partial charge is 0.309 e. The minimum atomic E-state index is 0.247. The van der Waals surface area contributed by atoms with E-state index in [0.717, 1.165) is 6.54 Å². The summed E-state index contributed by atoms with van der Waals surface area (Å²) < 4.78 is 0. The van der Waals surface area contributed by atoms with Crippen LogP contribution in [0, 0.1) is 0 Å². The Kier molecular flexibility index (Phi) is 6.75. The van der Waals surface area contributed by atoms with Gasteiger partial charge in [0.2, 0.25) is 0 Å². The van der Waals surface area contributed by atoms with Crippen LogP contribution in [0.25, 0.3) is 0 Å². The minimum Gasteiger partial charge on any atom is -0.309 e. The van der Waals surface area contributed by atoms with E-state index in [0.29, 0.717) is 6.04 Å². The highest BCUT2D eigenvalue weighted by Crippen LogP contribution is 2.31. The van der Waals surface area contributed by atoms with Gasteiger partial charge >= 0.3 is 0 Å². The molecular weight excluding hydrogens is 256 g/mol. The van der Waals surface area contributed by atoms with Gasteiger partial charge in [0.1, 0.15) is 0 Å². The van der Waals surface area contributed by atoms with Gasteiger partial charge in [-0.15, -0.1) is 0 Å². The normalized spacial score (nSPS) is 23.5. The summed E-state index contributed by atoms with van der Waals surface area (Å²) in [6.45, 7) is 10.9. The van der Waals surface area contributed by atoms with Crippen LogP contribution in [-0.4, -0.2) is 36.1 Å². The standard InChI is InChI=1S/C19H36N2/c1-4-14-20-18(17-12-8-6-5-7-9-13-17)19(2,3)21-15-10-11-16-21/h12,18,20H,4-11,13-16H2,1-3H3. The van der Waals surface area contributed by atoms with Gasteiger partial charge in [-0.25, -0.2) is 0 Å². The third kappa shape index (κ3) is 4.56. The molecule has 0 aromatic carbocycles. The van der Waals surface area contributed by atoms with Crippen LogP contribution < -0.4 is 5.32 Å². The molecule has 0 saturated carbocycles. The van der Waals surface area contributed by atoms with Crippen LogP contribution in [0.5, 0.6) is 0 Å². The molecule has 2 heteroatoms. The number of allylic oxidation sites excluding steroid dienone is 1. The first-order valence-corrected chi connectivity index (χ1v) is 9.33. The summed E-state index contributed by atoms with van der Waals surface area (Å²) in [5.41, 5.74) is 1.94. The lowest BCUT2D eigenvalue weighted by Gasteiger charge is -2.44. The summed E-state index contributed by atoms with van der Waals surface area (Å²) in [6, 6.07) is 0.536. The molecule has 21 heavy (non-hydrogen) atoms. The third-order valence-electron chi connectivity index (χ3n) is 5.42. The quantitative estimate of drug-likeness (QED) is 0.725. The Labute approximate surface area is 132 Å². The second kappa shape index (κ2) is 8.33. The number of nitrogens with zero attached hydrogens (tertiary/aromatic N) is 1. The molecule has 1 aliphatic carbocycles. The molecule has 1 N–H and O–H groups in total.